The highest BCUT2D eigenvalue weighted by molar-refractivity contribution is 5.94. The number of hydrogen-bond acceptors (Lipinski definition) is 4. The van der Waals surface area contributed by atoms with E-state index in [9.17, 15) is 9.90 Å². The molecule has 1 aliphatic rings. The fourth-order valence-corrected chi connectivity index (χ4v) is 2.76. The third kappa shape index (κ3) is 2.80. The highest BCUT2D eigenvalue weighted by Crippen LogP contribution is 2.29. The second kappa shape index (κ2) is 5.65. The summed E-state index contributed by atoms with van der Waals surface area (Å²) >= 11 is 0. The molecule has 0 unspecified atom stereocenters. The molecule has 0 saturated heterocycles. The Bertz CT molecular complexity index is 601. The molecule has 0 spiro atoms. The Hall–Kier alpha value is -2.21. The van der Waals surface area contributed by atoms with Crippen LogP contribution >= 0.6 is 0 Å². The zero-order chi connectivity index (χ0) is 14.7. The zero-order valence-electron chi connectivity index (χ0n) is 11.7. The van der Waals surface area contributed by atoms with Crippen molar-refractivity contribution in [1.82, 2.24) is 19.9 Å². The Morgan fingerprint density at radius 3 is 2.76 bits per heavy atom. The number of nitrogens with zero attached hydrogens (tertiary/aromatic N) is 3. The average Bonchev–Trinajstić information content (AvgIpc) is 3.19. The van der Waals surface area contributed by atoms with E-state index in [-0.39, 0.29) is 12.5 Å². The summed E-state index contributed by atoms with van der Waals surface area (Å²) in [6, 6.07) is 3.51. The zero-order valence-corrected chi connectivity index (χ0v) is 11.7. The molecule has 0 atom stereocenters. The summed E-state index contributed by atoms with van der Waals surface area (Å²) in [6.07, 6.45) is 10.4. The lowest BCUT2D eigenvalue weighted by Gasteiger charge is -2.27. The van der Waals surface area contributed by atoms with Gasteiger partial charge < -0.3 is 10.4 Å². The van der Waals surface area contributed by atoms with Gasteiger partial charge in [0.15, 0.2) is 0 Å². The molecule has 0 bridgehead atoms. The lowest BCUT2D eigenvalue weighted by molar-refractivity contribution is 0.0838. The van der Waals surface area contributed by atoms with Crippen LogP contribution in [0.5, 0.6) is 0 Å². The molecule has 0 aromatic carbocycles. The van der Waals surface area contributed by atoms with Crippen LogP contribution in [0.15, 0.2) is 37.1 Å². The molecule has 6 heteroatoms. The topological polar surface area (TPSA) is 80.0 Å². The quantitative estimate of drug-likeness (QED) is 0.888. The minimum atomic E-state index is -0.458. The number of imidazole rings is 1. The maximum Gasteiger partial charge on any atom is 0.253 e. The summed E-state index contributed by atoms with van der Waals surface area (Å²) in [5.74, 6) is 0.525. The summed E-state index contributed by atoms with van der Waals surface area (Å²) in [5, 5.41) is 12.5. The van der Waals surface area contributed by atoms with Gasteiger partial charge in [0, 0.05) is 18.6 Å². The van der Waals surface area contributed by atoms with Gasteiger partial charge in [0.05, 0.1) is 17.7 Å². The monoisotopic (exact) mass is 286 g/mol. The number of carbonyl (C=O) groups is 1. The van der Waals surface area contributed by atoms with Gasteiger partial charge in [-0.15, -0.1) is 0 Å². The number of aliphatic hydroxyl groups excluding tert-OH is 1. The Morgan fingerprint density at radius 2 is 2.19 bits per heavy atom. The number of rotatable bonds is 4. The molecular formula is C15H18N4O2. The Morgan fingerprint density at radius 1 is 1.38 bits per heavy atom. The minimum absolute atomic E-state index is 0.0146. The molecule has 6 nitrogen and oxygen atoms in total. The highest BCUT2D eigenvalue weighted by atomic mass is 16.3. The summed E-state index contributed by atoms with van der Waals surface area (Å²) in [4.78, 5) is 20.5. The van der Waals surface area contributed by atoms with E-state index in [1.807, 2.05) is 0 Å². The molecule has 2 aromatic rings. The van der Waals surface area contributed by atoms with E-state index in [2.05, 4.69) is 15.3 Å². The van der Waals surface area contributed by atoms with Gasteiger partial charge >= 0.3 is 0 Å². The van der Waals surface area contributed by atoms with Crippen LogP contribution in [0.4, 0.5) is 0 Å². The van der Waals surface area contributed by atoms with Gasteiger partial charge in [0.2, 0.25) is 0 Å². The van der Waals surface area contributed by atoms with E-state index >= 15 is 0 Å². The van der Waals surface area contributed by atoms with Crippen molar-refractivity contribution in [3.63, 3.8) is 0 Å². The second-order valence-electron chi connectivity index (χ2n) is 5.47. The van der Waals surface area contributed by atoms with Gasteiger partial charge in [0.25, 0.3) is 5.91 Å². The van der Waals surface area contributed by atoms with Gasteiger partial charge in [-0.25, -0.2) is 9.97 Å². The summed E-state index contributed by atoms with van der Waals surface area (Å²) in [6.45, 7) is -0.0146. The van der Waals surface area contributed by atoms with E-state index in [1.165, 1.54) is 0 Å². The molecular weight excluding hydrogens is 268 g/mol. The first-order valence-corrected chi connectivity index (χ1v) is 7.10. The van der Waals surface area contributed by atoms with Crippen molar-refractivity contribution in [2.24, 2.45) is 0 Å². The Kier molecular flexibility index (Phi) is 3.70. The van der Waals surface area contributed by atoms with Crippen LogP contribution in [0.2, 0.25) is 0 Å². The van der Waals surface area contributed by atoms with Crippen molar-refractivity contribution in [3.05, 3.63) is 42.6 Å². The average molecular weight is 286 g/mol. The minimum Gasteiger partial charge on any atom is -0.394 e. The number of pyridine rings is 1. The number of amides is 1. The molecule has 2 aromatic heterocycles. The smallest absolute Gasteiger partial charge is 0.253 e. The lowest BCUT2D eigenvalue weighted by atomic mass is 9.98. The van der Waals surface area contributed by atoms with E-state index in [1.54, 1.807) is 41.6 Å². The molecule has 2 N–H and O–H groups in total. The van der Waals surface area contributed by atoms with Gasteiger partial charge in [0.1, 0.15) is 12.1 Å². The molecule has 0 aliphatic heterocycles. The van der Waals surface area contributed by atoms with Crippen molar-refractivity contribution in [3.8, 4) is 5.82 Å². The van der Waals surface area contributed by atoms with Crippen LogP contribution in [-0.4, -0.2) is 37.7 Å². The van der Waals surface area contributed by atoms with Crippen LogP contribution in [-0.2, 0) is 0 Å². The first-order chi connectivity index (χ1) is 10.2. The SMILES string of the molecule is O=C(NC1(CO)CCCC1)c1ccc(-n2ccnc2)nc1. The van der Waals surface area contributed by atoms with Crippen LogP contribution in [0, 0.1) is 0 Å². The summed E-state index contributed by atoms with van der Waals surface area (Å²) in [5.41, 5.74) is 0.0405. The van der Waals surface area contributed by atoms with Crippen LogP contribution < -0.4 is 5.32 Å². The molecule has 0 radical (unpaired) electrons. The standard InChI is InChI=1S/C15H18N4O2/c20-10-15(5-1-2-6-15)18-14(21)12-3-4-13(17-9-12)19-8-7-16-11-19/h3-4,7-9,11,20H,1-2,5-6,10H2,(H,18,21). The van der Waals surface area contributed by atoms with Crippen LogP contribution in [0.1, 0.15) is 36.0 Å². The summed E-state index contributed by atoms with van der Waals surface area (Å²) in [7, 11) is 0. The van der Waals surface area contributed by atoms with E-state index in [0.717, 1.165) is 25.7 Å². The van der Waals surface area contributed by atoms with Gasteiger partial charge in [-0.05, 0) is 25.0 Å². The van der Waals surface area contributed by atoms with Crippen molar-refractivity contribution in [2.45, 2.75) is 31.2 Å². The van der Waals surface area contributed by atoms with Crippen molar-refractivity contribution in [1.29, 1.82) is 0 Å². The predicted molar refractivity (Wildman–Crippen MR) is 77.1 cm³/mol. The maximum atomic E-state index is 12.3. The Labute approximate surface area is 122 Å². The second-order valence-corrected chi connectivity index (χ2v) is 5.47. The summed E-state index contributed by atoms with van der Waals surface area (Å²) < 4.78 is 1.77. The van der Waals surface area contributed by atoms with E-state index in [4.69, 9.17) is 0 Å². The lowest BCUT2D eigenvalue weighted by Crippen LogP contribution is -2.49. The largest absolute Gasteiger partial charge is 0.394 e. The third-order valence-corrected chi connectivity index (χ3v) is 4.02. The maximum absolute atomic E-state index is 12.3. The number of aliphatic hydroxyl groups is 1. The molecule has 1 saturated carbocycles. The van der Waals surface area contributed by atoms with E-state index in [0.29, 0.717) is 11.4 Å². The van der Waals surface area contributed by atoms with Crippen molar-refractivity contribution in [2.75, 3.05) is 6.61 Å². The number of hydrogen-bond donors (Lipinski definition) is 2. The molecule has 3 rings (SSSR count). The first kappa shape index (κ1) is 13.8. The Balaban J connectivity index is 1.73. The molecule has 110 valence electrons. The highest BCUT2D eigenvalue weighted by Gasteiger charge is 2.34. The first-order valence-electron chi connectivity index (χ1n) is 7.10. The van der Waals surface area contributed by atoms with Crippen LogP contribution in [0.25, 0.3) is 5.82 Å². The number of aromatic nitrogens is 3. The van der Waals surface area contributed by atoms with Crippen molar-refractivity contribution < 1.29 is 9.90 Å². The fourth-order valence-electron chi connectivity index (χ4n) is 2.76. The normalized spacial score (nSPS) is 16.8. The fraction of sp³-hybridized carbons (Fsp3) is 0.400. The van der Waals surface area contributed by atoms with Crippen molar-refractivity contribution >= 4 is 5.91 Å². The molecule has 1 aliphatic carbocycles. The number of nitrogens with one attached hydrogen (secondary N) is 1. The third-order valence-electron chi connectivity index (χ3n) is 4.02. The van der Waals surface area contributed by atoms with Gasteiger partial charge in [-0.1, -0.05) is 12.8 Å². The molecule has 21 heavy (non-hydrogen) atoms. The molecule has 1 amide bonds. The van der Waals surface area contributed by atoms with Crippen LogP contribution in [0.3, 0.4) is 0 Å². The van der Waals surface area contributed by atoms with Gasteiger partial charge in [-0.3, -0.25) is 9.36 Å². The molecule has 2 heterocycles. The van der Waals surface area contributed by atoms with E-state index < -0.39 is 5.54 Å². The van der Waals surface area contributed by atoms with Gasteiger partial charge in [-0.2, -0.15) is 0 Å². The molecule has 1 fully saturated rings. The number of carbonyl (C=O) groups excluding carboxylic acids is 1. The predicted octanol–water partition coefficient (Wildman–Crippen LogP) is 1.30.